The van der Waals surface area contributed by atoms with E-state index in [0.29, 0.717) is 13.4 Å². The molecule has 1 radical (unpaired) electrons. The fourth-order valence-corrected chi connectivity index (χ4v) is 0.961. The van der Waals surface area contributed by atoms with Crippen LogP contribution in [0.4, 0.5) is 0 Å². The summed E-state index contributed by atoms with van der Waals surface area (Å²) in [6.45, 7) is 1.02. The van der Waals surface area contributed by atoms with Gasteiger partial charge in [-0.05, 0) is 18.2 Å². The van der Waals surface area contributed by atoms with Gasteiger partial charge < -0.3 is 9.47 Å². The summed E-state index contributed by atoms with van der Waals surface area (Å²) in [5.74, 6) is 0.921. The molecule has 51 valence electrons. The largest absolute Gasteiger partial charge is 0.467 e. The van der Waals surface area contributed by atoms with Gasteiger partial charge in [0.15, 0.2) is 6.79 Å². The van der Waals surface area contributed by atoms with E-state index in [2.05, 4.69) is 6.07 Å². The second kappa shape index (κ2) is 2.31. The lowest BCUT2D eigenvalue weighted by atomic mass is 10.2. The van der Waals surface area contributed by atoms with Crippen molar-refractivity contribution in [2.75, 3.05) is 6.79 Å². The Labute approximate surface area is 59.4 Å². The Hall–Kier alpha value is -1.02. The van der Waals surface area contributed by atoms with Gasteiger partial charge >= 0.3 is 0 Å². The van der Waals surface area contributed by atoms with E-state index in [4.69, 9.17) is 9.47 Å². The van der Waals surface area contributed by atoms with Crippen molar-refractivity contribution in [3.05, 3.63) is 29.8 Å². The first kappa shape index (κ1) is 5.74. The number of ether oxygens (including phenoxy) is 2. The average molecular weight is 135 g/mol. The smallest absolute Gasteiger partial charge is 0.189 e. The Bertz CT molecular complexity index is 207. The molecule has 2 rings (SSSR count). The van der Waals surface area contributed by atoms with Crippen molar-refractivity contribution in [3.8, 4) is 5.75 Å². The summed E-state index contributed by atoms with van der Waals surface area (Å²) in [6.07, 6.45) is 0. The molecule has 0 aromatic heterocycles. The second-order valence-electron chi connectivity index (χ2n) is 2.14. The van der Waals surface area contributed by atoms with Crippen LogP contribution in [0.25, 0.3) is 0 Å². The Morgan fingerprint density at radius 3 is 3.40 bits per heavy atom. The van der Waals surface area contributed by atoms with Crippen molar-refractivity contribution in [1.29, 1.82) is 0 Å². The number of hydrogen-bond donors (Lipinski definition) is 0. The molecule has 2 nitrogen and oxygen atoms in total. The minimum absolute atomic E-state index is 0.372. The molecule has 0 fully saturated rings. The lowest BCUT2D eigenvalue weighted by Gasteiger charge is -2.16. The van der Waals surface area contributed by atoms with Gasteiger partial charge in [-0.1, -0.05) is 6.07 Å². The van der Waals surface area contributed by atoms with Crippen LogP contribution in [0.2, 0.25) is 0 Å². The van der Waals surface area contributed by atoms with Gasteiger partial charge in [-0.3, -0.25) is 0 Å². The van der Waals surface area contributed by atoms with Gasteiger partial charge in [-0.2, -0.15) is 0 Å². The molecule has 2 heteroatoms. The molecule has 0 saturated carbocycles. The van der Waals surface area contributed by atoms with Crippen LogP contribution in [-0.4, -0.2) is 6.79 Å². The van der Waals surface area contributed by atoms with Gasteiger partial charge in [0.1, 0.15) is 5.75 Å². The van der Waals surface area contributed by atoms with Crippen LogP contribution in [0.3, 0.4) is 0 Å². The van der Waals surface area contributed by atoms with Gasteiger partial charge in [-0.25, -0.2) is 0 Å². The molecule has 10 heavy (non-hydrogen) atoms. The molecular weight excluding hydrogens is 128 g/mol. The predicted molar refractivity (Wildman–Crippen MR) is 35.6 cm³/mol. The zero-order valence-corrected chi connectivity index (χ0v) is 5.46. The summed E-state index contributed by atoms with van der Waals surface area (Å²) < 4.78 is 10.2. The summed E-state index contributed by atoms with van der Waals surface area (Å²) in [4.78, 5) is 0. The summed E-state index contributed by atoms with van der Waals surface area (Å²) in [5.41, 5.74) is 1.08. The van der Waals surface area contributed by atoms with Crippen LogP contribution in [0.5, 0.6) is 5.75 Å². The third-order valence-corrected chi connectivity index (χ3v) is 1.46. The van der Waals surface area contributed by atoms with Crippen molar-refractivity contribution >= 4 is 0 Å². The molecule has 0 atom stereocenters. The first-order chi connectivity index (χ1) is 4.97. The van der Waals surface area contributed by atoms with E-state index in [9.17, 15) is 0 Å². The van der Waals surface area contributed by atoms with E-state index in [1.165, 1.54) is 0 Å². The molecule has 0 amide bonds. The molecule has 0 N–H and O–H groups in total. The Morgan fingerprint density at radius 2 is 2.50 bits per heavy atom. The van der Waals surface area contributed by atoms with E-state index in [0.717, 1.165) is 11.3 Å². The van der Waals surface area contributed by atoms with Gasteiger partial charge in [0.05, 0.1) is 6.61 Å². The van der Waals surface area contributed by atoms with E-state index in [1.807, 2.05) is 18.2 Å². The van der Waals surface area contributed by atoms with Crippen LogP contribution in [0, 0.1) is 6.07 Å². The Kier molecular flexibility index (Phi) is 1.32. The fraction of sp³-hybridized carbons (Fsp3) is 0.250. The number of rotatable bonds is 0. The molecule has 0 unspecified atom stereocenters. The van der Waals surface area contributed by atoms with Gasteiger partial charge in [-0.15, -0.1) is 0 Å². The zero-order chi connectivity index (χ0) is 6.81. The van der Waals surface area contributed by atoms with Crippen LogP contribution in [-0.2, 0) is 11.3 Å². The maximum Gasteiger partial charge on any atom is 0.189 e. The van der Waals surface area contributed by atoms with Crippen molar-refractivity contribution < 1.29 is 9.47 Å². The molecule has 1 aromatic carbocycles. The van der Waals surface area contributed by atoms with Crippen molar-refractivity contribution in [1.82, 2.24) is 0 Å². The first-order valence-corrected chi connectivity index (χ1v) is 3.16. The standard InChI is InChI=1S/C8H7O2/c1-2-4-8-7(3-1)5-9-6-10-8/h2-4H,5-6H2. The molecule has 1 aliphatic rings. The molecule has 1 aromatic rings. The molecule has 1 heterocycles. The highest BCUT2D eigenvalue weighted by Gasteiger charge is 2.07. The molecule has 0 saturated heterocycles. The lowest BCUT2D eigenvalue weighted by Crippen LogP contribution is -2.10. The van der Waals surface area contributed by atoms with Gasteiger partial charge in [0.2, 0.25) is 0 Å². The fourth-order valence-electron chi connectivity index (χ4n) is 0.961. The van der Waals surface area contributed by atoms with E-state index in [-0.39, 0.29) is 0 Å². The minimum atomic E-state index is 0.372. The summed E-state index contributed by atoms with van der Waals surface area (Å²) in [7, 11) is 0. The third-order valence-electron chi connectivity index (χ3n) is 1.46. The third kappa shape index (κ3) is 0.866. The predicted octanol–water partition coefficient (Wildman–Crippen LogP) is 1.35. The molecule has 0 spiro atoms. The second-order valence-corrected chi connectivity index (χ2v) is 2.14. The highest BCUT2D eigenvalue weighted by Crippen LogP contribution is 2.21. The summed E-state index contributed by atoms with van der Waals surface area (Å²) in [6, 6.07) is 8.58. The lowest BCUT2D eigenvalue weighted by molar-refractivity contribution is -0.0163. The van der Waals surface area contributed by atoms with Crippen LogP contribution in [0.15, 0.2) is 18.2 Å². The number of benzene rings is 1. The minimum Gasteiger partial charge on any atom is -0.467 e. The van der Waals surface area contributed by atoms with Crippen LogP contribution >= 0.6 is 0 Å². The van der Waals surface area contributed by atoms with Crippen molar-refractivity contribution in [2.45, 2.75) is 6.61 Å². The van der Waals surface area contributed by atoms with Gasteiger partial charge in [0, 0.05) is 5.56 Å². The molecular formula is C8H7O2. The summed E-state index contributed by atoms with van der Waals surface area (Å²) in [5, 5.41) is 0. The molecule has 0 aliphatic carbocycles. The SMILES string of the molecule is [c]1ccc2c(c1)COCO2. The number of hydrogen-bond acceptors (Lipinski definition) is 2. The highest BCUT2D eigenvalue weighted by molar-refractivity contribution is 5.32. The van der Waals surface area contributed by atoms with Crippen LogP contribution in [0.1, 0.15) is 5.56 Å². The van der Waals surface area contributed by atoms with Gasteiger partial charge in [0.25, 0.3) is 0 Å². The first-order valence-electron chi connectivity index (χ1n) is 3.16. The highest BCUT2D eigenvalue weighted by atomic mass is 16.7. The van der Waals surface area contributed by atoms with E-state index >= 15 is 0 Å². The zero-order valence-electron chi connectivity index (χ0n) is 5.46. The number of fused-ring (bicyclic) bond motifs is 1. The Balaban J connectivity index is 2.41. The Morgan fingerprint density at radius 1 is 1.50 bits per heavy atom. The van der Waals surface area contributed by atoms with Crippen molar-refractivity contribution in [3.63, 3.8) is 0 Å². The van der Waals surface area contributed by atoms with Crippen LogP contribution < -0.4 is 4.74 Å². The normalized spacial score (nSPS) is 15.6. The maximum atomic E-state index is 5.18. The average Bonchev–Trinajstić information content (AvgIpc) is 2.05. The molecule has 0 bridgehead atoms. The maximum absolute atomic E-state index is 5.18. The summed E-state index contributed by atoms with van der Waals surface area (Å²) >= 11 is 0. The quantitative estimate of drug-likeness (QED) is 0.534. The van der Waals surface area contributed by atoms with E-state index in [1.54, 1.807) is 0 Å². The van der Waals surface area contributed by atoms with Crippen molar-refractivity contribution in [2.24, 2.45) is 0 Å². The van der Waals surface area contributed by atoms with E-state index < -0.39 is 0 Å². The topological polar surface area (TPSA) is 18.5 Å². The monoisotopic (exact) mass is 135 g/mol. The molecule has 1 aliphatic heterocycles.